The maximum Gasteiger partial charge on any atom is 0.418 e. The summed E-state index contributed by atoms with van der Waals surface area (Å²) in [6, 6.07) is 11.2. The predicted octanol–water partition coefficient (Wildman–Crippen LogP) is 3.26. The summed E-state index contributed by atoms with van der Waals surface area (Å²) in [6.07, 6.45) is -4.43. The van der Waals surface area contributed by atoms with Gasteiger partial charge in [-0.05, 0) is 36.4 Å². The number of carbonyl (C=O) groups is 3. The van der Waals surface area contributed by atoms with Crippen LogP contribution in [0.4, 0.5) is 18.9 Å². The Kier molecular flexibility index (Phi) is 8.51. The fourth-order valence-corrected chi connectivity index (χ4v) is 3.66. The van der Waals surface area contributed by atoms with Crippen LogP contribution >= 0.6 is 11.6 Å². The second kappa shape index (κ2) is 11.3. The van der Waals surface area contributed by atoms with E-state index >= 15 is 0 Å². The third-order valence-electron chi connectivity index (χ3n) is 5.33. The van der Waals surface area contributed by atoms with Gasteiger partial charge in [0.15, 0.2) is 0 Å². The average molecular weight is 497 g/mol. The molecule has 182 valence electrons. The Bertz CT molecular complexity index is 1020. The molecule has 7 nitrogen and oxygen atoms in total. The first-order chi connectivity index (χ1) is 16.1. The third kappa shape index (κ3) is 7.19. The van der Waals surface area contributed by atoms with Gasteiger partial charge in [0.25, 0.3) is 5.91 Å². The predicted molar refractivity (Wildman–Crippen MR) is 121 cm³/mol. The summed E-state index contributed by atoms with van der Waals surface area (Å²) in [5.41, 5.74) is -0.738. The van der Waals surface area contributed by atoms with Crippen molar-refractivity contribution in [1.29, 1.82) is 0 Å². The zero-order valence-corrected chi connectivity index (χ0v) is 19.0. The van der Waals surface area contributed by atoms with Crippen LogP contribution in [0.2, 0.25) is 5.02 Å². The number of amides is 3. The van der Waals surface area contributed by atoms with Gasteiger partial charge in [0.2, 0.25) is 11.8 Å². The number of halogens is 4. The molecule has 0 aromatic heterocycles. The number of piperazine rings is 1. The van der Waals surface area contributed by atoms with E-state index in [1.54, 1.807) is 34.1 Å². The lowest BCUT2D eigenvalue weighted by atomic mass is 10.1. The van der Waals surface area contributed by atoms with E-state index in [0.29, 0.717) is 36.8 Å². The van der Waals surface area contributed by atoms with Gasteiger partial charge >= 0.3 is 6.18 Å². The molecule has 0 radical (unpaired) electrons. The molecule has 11 heteroatoms. The van der Waals surface area contributed by atoms with Gasteiger partial charge in [0, 0.05) is 49.7 Å². The molecule has 0 saturated carbocycles. The lowest BCUT2D eigenvalue weighted by Crippen LogP contribution is -2.50. The Morgan fingerprint density at radius 1 is 0.941 bits per heavy atom. The van der Waals surface area contributed by atoms with Crippen molar-refractivity contribution in [3.63, 3.8) is 0 Å². The summed E-state index contributed by atoms with van der Waals surface area (Å²) in [4.78, 5) is 40.2. The topological polar surface area (TPSA) is 81.8 Å². The van der Waals surface area contributed by atoms with E-state index in [1.165, 1.54) is 18.2 Å². The first kappa shape index (κ1) is 25.5. The summed E-state index contributed by atoms with van der Waals surface area (Å²) < 4.78 is 39.2. The molecule has 1 heterocycles. The highest BCUT2D eigenvalue weighted by Crippen LogP contribution is 2.34. The molecule has 0 bridgehead atoms. The fourth-order valence-electron chi connectivity index (χ4n) is 3.53. The van der Waals surface area contributed by atoms with E-state index in [9.17, 15) is 27.6 Å². The second-order valence-electron chi connectivity index (χ2n) is 7.76. The van der Waals surface area contributed by atoms with Gasteiger partial charge in [-0.1, -0.05) is 23.7 Å². The van der Waals surface area contributed by atoms with Crippen molar-refractivity contribution in [2.24, 2.45) is 0 Å². The largest absolute Gasteiger partial charge is 0.418 e. The van der Waals surface area contributed by atoms with Crippen LogP contribution in [0.15, 0.2) is 48.5 Å². The van der Waals surface area contributed by atoms with Gasteiger partial charge in [-0.15, -0.1) is 0 Å². The summed E-state index contributed by atoms with van der Waals surface area (Å²) in [5.74, 6) is -0.978. The Morgan fingerprint density at radius 2 is 1.59 bits per heavy atom. The summed E-state index contributed by atoms with van der Waals surface area (Å²) in [5, 5.41) is 5.54. The molecular weight excluding hydrogens is 473 g/mol. The summed E-state index contributed by atoms with van der Waals surface area (Å²) >= 11 is 5.80. The Labute approximate surface area is 199 Å². The van der Waals surface area contributed by atoms with Gasteiger partial charge < -0.3 is 15.5 Å². The van der Waals surface area contributed by atoms with E-state index in [2.05, 4.69) is 10.6 Å². The van der Waals surface area contributed by atoms with E-state index in [1.807, 2.05) is 0 Å². The summed E-state index contributed by atoms with van der Waals surface area (Å²) in [6.45, 7) is 1.70. The van der Waals surface area contributed by atoms with Crippen LogP contribution in [0, 0.1) is 0 Å². The van der Waals surface area contributed by atoms with Crippen LogP contribution in [-0.4, -0.2) is 66.8 Å². The number of alkyl halides is 3. The highest BCUT2D eigenvalue weighted by Gasteiger charge is 2.33. The lowest BCUT2D eigenvalue weighted by Gasteiger charge is -2.34. The van der Waals surface area contributed by atoms with Crippen LogP contribution in [0.1, 0.15) is 22.3 Å². The molecule has 3 rings (SSSR count). The maximum atomic E-state index is 13.1. The molecule has 0 unspecified atom stereocenters. The van der Waals surface area contributed by atoms with Gasteiger partial charge in [-0.3, -0.25) is 19.3 Å². The molecular formula is C23H24ClF3N4O3. The number of nitrogens with zero attached hydrogens (tertiary/aromatic N) is 2. The number of benzene rings is 2. The monoisotopic (exact) mass is 496 g/mol. The SMILES string of the molecule is O=C(CN1CCN(C(=O)CCNC(=O)c2ccc(Cl)cc2)CC1)Nc1ccccc1C(F)(F)F. The molecule has 2 aromatic carbocycles. The van der Waals surface area contributed by atoms with Crippen LogP contribution in [0.5, 0.6) is 0 Å². The Hall–Kier alpha value is -3.11. The van der Waals surface area contributed by atoms with Crippen molar-refractivity contribution >= 4 is 35.0 Å². The minimum atomic E-state index is -4.57. The van der Waals surface area contributed by atoms with Crippen molar-refractivity contribution in [3.8, 4) is 0 Å². The molecule has 0 atom stereocenters. The number of rotatable bonds is 7. The molecule has 0 aliphatic carbocycles. The number of anilines is 1. The van der Waals surface area contributed by atoms with Crippen molar-refractivity contribution in [2.45, 2.75) is 12.6 Å². The number of nitrogens with one attached hydrogen (secondary N) is 2. The molecule has 34 heavy (non-hydrogen) atoms. The smallest absolute Gasteiger partial charge is 0.352 e. The quantitative estimate of drug-likeness (QED) is 0.616. The van der Waals surface area contributed by atoms with Crippen LogP contribution in [0.3, 0.4) is 0 Å². The van der Waals surface area contributed by atoms with Crippen molar-refractivity contribution < 1.29 is 27.6 Å². The number of carbonyl (C=O) groups excluding carboxylic acids is 3. The zero-order valence-electron chi connectivity index (χ0n) is 18.2. The van der Waals surface area contributed by atoms with Gasteiger partial charge in [-0.2, -0.15) is 13.2 Å². The van der Waals surface area contributed by atoms with Gasteiger partial charge in [0.1, 0.15) is 0 Å². The second-order valence-corrected chi connectivity index (χ2v) is 8.20. The van der Waals surface area contributed by atoms with Crippen LogP contribution in [0.25, 0.3) is 0 Å². The third-order valence-corrected chi connectivity index (χ3v) is 5.58. The van der Waals surface area contributed by atoms with Crippen LogP contribution in [-0.2, 0) is 15.8 Å². The first-order valence-electron chi connectivity index (χ1n) is 10.6. The fraction of sp³-hybridized carbons (Fsp3) is 0.348. The highest BCUT2D eigenvalue weighted by molar-refractivity contribution is 6.30. The zero-order chi connectivity index (χ0) is 24.7. The molecule has 0 spiro atoms. The van der Waals surface area contributed by atoms with Crippen molar-refractivity contribution in [1.82, 2.24) is 15.1 Å². The minimum Gasteiger partial charge on any atom is -0.352 e. The highest BCUT2D eigenvalue weighted by atomic mass is 35.5. The summed E-state index contributed by atoms with van der Waals surface area (Å²) in [7, 11) is 0. The van der Waals surface area contributed by atoms with Gasteiger partial charge in [0.05, 0.1) is 17.8 Å². The Balaban J connectivity index is 1.39. The van der Waals surface area contributed by atoms with E-state index in [-0.39, 0.29) is 37.0 Å². The first-order valence-corrected chi connectivity index (χ1v) is 11.0. The molecule has 2 aromatic rings. The molecule has 1 saturated heterocycles. The van der Waals surface area contributed by atoms with E-state index in [0.717, 1.165) is 6.07 Å². The van der Waals surface area contributed by atoms with Gasteiger partial charge in [-0.25, -0.2) is 0 Å². The molecule has 2 N–H and O–H groups in total. The van der Waals surface area contributed by atoms with Crippen molar-refractivity contribution in [2.75, 3.05) is 44.6 Å². The number of hydrogen-bond acceptors (Lipinski definition) is 4. The minimum absolute atomic E-state index is 0.0780. The molecule has 1 fully saturated rings. The molecule has 3 amide bonds. The number of para-hydroxylation sites is 1. The standard InChI is InChI=1S/C23H24ClF3N4O3/c24-17-7-5-16(6-8-17)22(34)28-10-9-21(33)31-13-11-30(12-14-31)15-20(32)29-19-4-2-1-3-18(19)23(25,26)27/h1-8H,9-15H2,(H,28,34)(H,29,32). The number of hydrogen-bond donors (Lipinski definition) is 2. The maximum absolute atomic E-state index is 13.1. The molecule has 1 aliphatic rings. The van der Waals surface area contributed by atoms with E-state index in [4.69, 9.17) is 11.6 Å². The molecule has 1 aliphatic heterocycles. The van der Waals surface area contributed by atoms with Crippen molar-refractivity contribution in [3.05, 3.63) is 64.7 Å². The lowest BCUT2D eigenvalue weighted by molar-refractivity contribution is -0.137. The Morgan fingerprint density at radius 3 is 2.24 bits per heavy atom. The van der Waals surface area contributed by atoms with Crippen LogP contribution < -0.4 is 10.6 Å². The van der Waals surface area contributed by atoms with E-state index < -0.39 is 17.6 Å². The normalized spacial score (nSPS) is 14.5. The average Bonchev–Trinajstić information content (AvgIpc) is 2.79.